The highest BCUT2D eigenvalue weighted by Crippen LogP contribution is 2.22. The Bertz CT molecular complexity index is 1210. The van der Waals surface area contributed by atoms with Crippen LogP contribution in [0.5, 0.6) is 0 Å². The molecule has 9 nitrogen and oxygen atoms in total. The van der Waals surface area contributed by atoms with Gasteiger partial charge in [-0.05, 0) is 43.0 Å². The molecule has 3 aromatic rings. The van der Waals surface area contributed by atoms with Gasteiger partial charge in [-0.1, -0.05) is 41.9 Å². The molecule has 0 saturated carbocycles. The number of halogens is 1. The van der Waals surface area contributed by atoms with E-state index < -0.39 is 0 Å². The number of unbranched alkanes of at least 4 members (excludes halogenated alkanes) is 1. The van der Waals surface area contributed by atoms with Crippen LogP contribution in [-0.2, 0) is 9.63 Å². The highest BCUT2D eigenvalue weighted by atomic mass is 35.5. The summed E-state index contributed by atoms with van der Waals surface area (Å²) in [6, 6.07) is 14.8. The first kappa shape index (κ1) is 23.7. The van der Waals surface area contributed by atoms with Crippen LogP contribution in [0.1, 0.15) is 43.8 Å². The Balaban J connectivity index is 1.09. The van der Waals surface area contributed by atoms with Crippen LogP contribution >= 0.6 is 11.6 Å². The van der Waals surface area contributed by atoms with E-state index in [1.54, 1.807) is 6.07 Å². The van der Waals surface area contributed by atoms with Crippen molar-refractivity contribution in [2.24, 2.45) is 4.99 Å². The molecule has 1 amide bonds. The first-order valence-corrected chi connectivity index (χ1v) is 11.7. The third kappa shape index (κ3) is 6.33. The summed E-state index contributed by atoms with van der Waals surface area (Å²) in [6.45, 7) is 1.30. The zero-order chi connectivity index (χ0) is 23.8. The molecular formula is C24H27ClN6O3. The van der Waals surface area contributed by atoms with E-state index >= 15 is 0 Å². The van der Waals surface area contributed by atoms with Crippen molar-refractivity contribution in [1.29, 1.82) is 0 Å². The van der Waals surface area contributed by atoms with Gasteiger partial charge in [0.05, 0.1) is 5.39 Å². The number of nitrogens with zero attached hydrogens (tertiary/aromatic N) is 2. The Morgan fingerprint density at radius 3 is 2.62 bits per heavy atom. The van der Waals surface area contributed by atoms with E-state index in [9.17, 15) is 9.59 Å². The van der Waals surface area contributed by atoms with Gasteiger partial charge in [0.2, 0.25) is 11.8 Å². The average molecular weight is 483 g/mol. The second-order valence-corrected chi connectivity index (χ2v) is 8.42. The van der Waals surface area contributed by atoms with Gasteiger partial charge in [-0.15, -0.1) is 5.48 Å². The maximum absolute atomic E-state index is 12.1. The van der Waals surface area contributed by atoms with Crippen LogP contribution in [0.25, 0.3) is 10.8 Å². The van der Waals surface area contributed by atoms with Crippen LogP contribution in [0.15, 0.2) is 58.3 Å². The van der Waals surface area contributed by atoms with Crippen molar-refractivity contribution < 1.29 is 9.63 Å². The summed E-state index contributed by atoms with van der Waals surface area (Å²) in [6.07, 6.45) is 3.11. The number of fused-ring (bicyclic) bond motifs is 1. The van der Waals surface area contributed by atoms with Gasteiger partial charge >= 0.3 is 0 Å². The number of hydrogen-bond donors (Lipinski definition) is 4. The third-order valence-corrected chi connectivity index (χ3v) is 5.71. The van der Waals surface area contributed by atoms with Gasteiger partial charge in [0, 0.05) is 36.3 Å². The van der Waals surface area contributed by atoms with Gasteiger partial charge < -0.3 is 15.5 Å². The summed E-state index contributed by atoms with van der Waals surface area (Å²) in [5.41, 5.74) is 3.65. The van der Waals surface area contributed by atoms with Gasteiger partial charge in [-0.2, -0.15) is 5.10 Å². The number of anilines is 1. The number of amides is 1. The minimum Gasteiger partial charge on any atom is -0.391 e. The predicted molar refractivity (Wildman–Crippen MR) is 133 cm³/mol. The fraction of sp³-hybridized carbons (Fsp3) is 0.333. The molecule has 178 valence electrons. The summed E-state index contributed by atoms with van der Waals surface area (Å²) in [4.78, 5) is 33.9. The van der Waals surface area contributed by atoms with Gasteiger partial charge in [0.1, 0.15) is 0 Å². The molecule has 1 aliphatic heterocycles. The van der Waals surface area contributed by atoms with Crippen molar-refractivity contribution in [3.8, 4) is 0 Å². The number of aromatic nitrogens is 2. The zero-order valence-corrected chi connectivity index (χ0v) is 19.4. The molecule has 0 fully saturated rings. The monoisotopic (exact) mass is 482 g/mol. The lowest BCUT2D eigenvalue weighted by Gasteiger charge is -2.08. The number of rotatable bonds is 11. The van der Waals surface area contributed by atoms with E-state index in [4.69, 9.17) is 16.4 Å². The van der Waals surface area contributed by atoms with Crippen LogP contribution in [0.3, 0.4) is 0 Å². The highest BCUT2D eigenvalue weighted by Gasteiger charge is 2.20. The quantitative estimate of drug-likeness (QED) is 0.309. The smallest absolute Gasteiger partial charge is 0.272 e. The standard InChI is InChI=1S/C24H27ClN6O3/c25-17-12-10-16(11-13-17)22-28-21(34-31-22)9-5-8-20(32)26-14-3-4-15-27-23-18-6-1-2-7-19(18)24(33)30-29-23/h1-2,6-7,10-13,22,31H,3-5,8-9,14-15H2,(H,26,32)(H,27,29)(H,30,33). The molecule has 2 aromatic carbocycles. The van der Waals surface area contributed by atoms with E-state index in [1.165, 1.54) is 0 Å². The van der Waals surface area contributed by atoms with E-state index in [-0.39, 0.29) is 17.6 Å². The first-order chi connectivity index (χ1) is 16.6. The lowest BCUT2D eigenvalue weighted by molar-refractivity contribution is -0.121. The second-order valence-electron chi connectivity index (χ2n) is 7.98. The number of benzene rings is 2. The summed E-state index contributed by atoms with van der Waals surface area (Å²) < 4.78 is 0. The number of carbonyl (C=O) groups excluding carboxylic acids is 1. The molecular weight excluding hydrogens is 456 g/mol. The van der Waals surface area contributed by atoms with E-state index in [0.717, 1.165) is 23.8 Å². The van der Waals surface area contributed by atoms with E-state index in [0.29, 0.717) is 54.5 Å². The van der Waals surface area contributed by atoms with Crippen molar-refractivity contribution in [3.63, 3.8) is 0 Å². The summed E-state index contributed by atoms with van der Waals surface area (Å²) in [5.74, 6) is 1.27. The Hall–Kier alpha value is -3.43. The number of hydroxylamine groups is 1. The molecule has 4 rings (SSSR count). The van der Waals surface area contributed by atoms with Gasteiger partial charge in [-0.3, -0.25) is 9.59 Å². The lowest BCUT2D eigenvalue weighted by atomic mass is 10.2. The molecule has 0 bridgehead atoms. The second kappa shape index (κ2) is 11.6. The third-order valence-electron chi connectivity index (χ3n) is 5.46. The minimum atomic E-state index is -0.251. The molecule has 4 N–H and O–H groups in total. The first-order valence-electron chi connectivity index (χ1n) is 11.3. The normalized spacial score (nSPS) is 15.1. The zero-order valence-electron chi connectivity index (χ0n) is 18.6. The number of hydrogen-bond acceptors (Lipinski definition) is 7. The summed E-state index contributed by atoms with van der Waals surface area (Å²) in [5, 5.41) is 14.9. The molecule has 2 heterocycles. The van der Waals surface area contributed by atoms with Crippen molar-refractivity contribution in [3.05, 3.63) is 69.5 Å². The molecule has 34 heavy (non-hydrogen) atoms. The van der Waals surface area contributed by atoms with Crippen LogP contribution in [-0.4, -0.2) is 35.1 Å². The lowest BCUT2D eigenvalue weighted by Crippen LogP contribution is -2.24. The number of aromatic amines is 1. The molecule has 10 heteroatoms. The van der Waals surface area contributed by atoms with Crippen LogP contribution in [0, 0.1) is 0 Å². The molecule has 0 saturated heterocycles. The maximum Gasteiger partial charge on any atom is 0.272 e. The number of carbonyl (C=O) groups is 1. The molecule has 0 radical (unpaired) electrons. The highest BCUT2D eigenvalue weighted by molar-refractivity contribution is 6.30. The van der Waals surface area contributed by atoms with Crippen LogP contribution in [0.2, 0.25) is 5.02 Å². The molecule has 1 aliphatic rings. The Morgan fingerprint density at radius 2 is 1.79 bits per heavy atom. The SMILES string of the molecule is O=C(CCCC1=NC(c2ccc(Cl)cc2)NO1)NCCCCNc1n[nH]c(=O)c2ccccc12. The topological polar surface area (TPSA) is 120 Å². The summed E-state index contributed by atoms with van der Waals surface area (Å²) >= 11 is 5.91. The van der Waals surface area contributed by atoms with Gasteiger partial charge in [0.15, 0.2) is 12.0 Å². The summed E-state index contributed by atoms with van der Waals surface area (Å²) in [7, 11) is 0. The number of nitrogens with one attached hydrogen (secondary N) is 4. The Labute approximate surface area is 201 Å². The minimum absolute atomic E-state index is 0.0158. The van der Waals surface area contributed by atoms with Crippen molar-refractivity contribution in [2.75, 3.05) is 18.4 Å². The Kier molecular flexibility index (Phi) is 8.11. The van der Waals surface area contributed by atoms with Crippen molar-refractivity contribution in [1.82, 2.24) is 21.0 Å². The predicted octanol–water partition coefficient (Wildman–Crippen LogP) is 3.69. The fourth-order valence-electron chi connectivity index (χ4n) is 3.65. The Morgan fingerprint density at radius 1 is 1.03 bits per heavy atom. The maximum atomic E-state index is 12.1. The van der Waals surface area contributed by atoms with Crippen molar-refractivity contribution >= 4 is 40.0 Å². The number of H-pyrrole nitrogens is 1. The van der Waals surface area contributed by atoms with Crippen LogP contribution < -0.4 is 21.7 Å². The van der Waals surface area contributed by atoms with Gasteiger partial charge in [0.25, 0.3) is 5.56 Å². The fourth-order valence-corrected chi connectivity index (χ4v) is 3.77. The van der Waals surface area contributed by atoms with Crippen LogP contribution in [0.4, 0.5) is 5.82 Å². The molecule has 1 aromatic heterocycles. The largest absolute Gasteiger partial charge is 0.391 e. The molecule has 1 unspecified atom stereocenters. The molecule has 0 aliphatic carbocycles. The number of aliphatic imine (C=N–C) groups is 1. The van der Waals surface area contributed by atoms with E-state index in [2.05, 4.69) is 31.3 Å². The van der Waals surface area contributed by atoms with Gasteiger partial charge in [-0.25, -0.2) is 10.1 Å². The van der Waals surface area contributed by atoms with E-state index in [1.807, 2.05) is 42.5 Å². The molecule has 0 spiro atoms. The van der Waals surface area contributed by atoms with Crippen molar-refractivity contribution in [2.45, 2.75) is 38.3 Å². The molecule has 1 atom stereocenters. The average Bonchev–Trinajstić information content (AvgIpc) is 3.32.